The third-order valence-corrected chi connectivity index (χ3v) is 7.79. The predicted molar refractivity (Wildman–Crippen MR) is 100 cm³/mol. The number of amides is 1. The normalized spacial score (nSPS) is 39.0. The number of likely N-dealkylation sites (tertiary alicyclic amines) is 1. The molecule has 4 bridgehead atoms. The Balaban J connectivity index is 1.36. The minimum atomic E-state index is -0.177. The fourth-order valence-electron chi connectivity index (χ4n) is 7.04. The minimum Gasteiger partial charge on any atom is -0.342 e. The van der Waals surface area contributed by atoms with Crippen LogP contribution in [-0.2, 0) is 4.79 Å². The summed E-state index contributed by atoms with van der Waals surface area (Å²) < 4.78 is 13.3. The average molecular weight is 355 g/mol. The topological polar surface area (TPSA) is 20.3 Å². The first-order valence-electron chi connectivity index (χ1n) is 10.7. The standard InChI is InChI=1S/C23H30FNO/c24-21-6-4-19(5-7-21)20-3-1-2-8-25(15-20)22(26)23-12-16-9-17(13-23)11-18(10-16)14-23/h4-7,16-18,20H,1-3,8-15H2. The third-order valence-electron chi connectivity index (χ3n) is 7.79. The molecule has 1 saturated heterocycles. The number of hydrogen-bond donors (Lipinski definition) is 0. The van der Waals surface area contributed by atoms with Gasteiger partial charge in [0.25, 0.3) is 0 Å². The number of carbonyl (C=O) groups excluding carboxylic acids is 1. The molecule has 6 rings (SSSR count). The van der Waals surface area contributed by atoms with Gasteiger partial charge in [-0.2, -0.15) is 0 Å². The first kappa shape index (κ1) is 16.8. The molecule has 4 aliphatic carbocycles. The fraction of sp³-hybridized carbons (Fsp3) is 0.696. The van der Waals surface area contributed by atoms with Crippen LogP contribution in [-0.4, -0.2) is 23.9 Å². The number of halogens is 1. The van der Waals surface area contributed by atoms with E-state index in [0.29, 0.717) is 11.8 Å². The van der Waals surface area contributed by atoms with Crippen molar-refractivity contribution in [3.8, 4) is 0 Å². The lowest BCUT2D eigenvalue weighted by molar-refractivity contribution is -0.157. The van der Waals surface area contributed by atoms with Gasteiger partial charge >= 0.3 is 0 Å². The van der Waals surface area contributed by atoms with Crippen LogP contribution in [0, 0.1) is 29.0 Å². The summed E-state index contributed by atoms with van der Waals surface area (Å²) in [6.07, 6.45) is 11.0. The SMILES string of the molecule is O=C(N1CCCCC(c2ccc(F)cc2)C1)C12CC3CC(CC(C3)C1)C2. The third kappa shape index (κ3) is 2.88. The van der Waals surface area contributed by atoms with Gasteiger partial charge in [0.15, 0.2) is 0 Å². The van der Waals surface area contributed by atoms with E-state index in [4.69, 9.17) is 0 Å². The first-order chi connectivity index (χ1) is 12.6. The molecule has 26 heavy (non-hydrogen) atoms. The van der Waals surface area contributed by atoms with Crippen molar-refractivity contribution >= 4 is 5.91 Å². The molecule has 1 amide bonds. The molecule has 1 aromatic carbocycles. The highest BCUT2D eigenvalue weighted by atomic mass is 19.1. The van der Waals surface area contributed by atoms with Gasteiger partial charge in [0.2, 0.25) is 5.91 Å². The van der Waals surface area contributed by atoms with Gasteiger partial charge in [-0.1, -0.05) is 18.6 Å². The van der Waals surface area contributed by atoms with E-state index in [2.05, 4.69) is 4.90 Å². The summed E-state index contributed by atoms with van der Waals surface area (Å²) in [7, 11) is 0. The van der Waals surface area contributed by atoms with E-state index in [1.807, 2.05) is 12.1 Å². The van der Waals surface area contributed by atoms with Gasteiger partial charge in [-0.15, -0.1) is 0 Å². The van der Waals surface area contributed by atoms with E-state index < -0.39 is 0 Å². The van der Waals surface area contributed by atoms with Gasteiger partial charge in [-0.05, 0) is 86.8 Å². The maximum absolute atomic E-state index is 13.7. The first-order valence-corrected chi connectivity index (χ1v) is 10.7. The molecule has 0 N–H and O–H groups in total. The molecule has 1 unspecified atom stereocenters. The van der Waals surface area contributed by atoms with Crippen molar-refractivity contribution in [2.45, 2.75) is 63.7 Å². The molecule has 0 spiro atoms. The molecule has 5 aliphatic rings. The van der Waals surface area contributed by atoms with E-state index >= 15 is 0 Å². The Kier molecular flexibility index (Phi) is 4.10. The van der Waals surface area contributed by atoms with Crippen LogP contribution in [0.3, 0.4) is 0 Å². The van der Waals surface area contributed by atoms with Crippen molar-refractivity contribution in [1.29, 1.82) is 0 Å². The summed E-state index contributed by atoms with van der Waals surface area (Å²) in [6, 6.07) is 6.95. The van der Waals surface area contributed by atoms with Crippen LogP contribution in [0.15, 0.2) is 24.3 Å². The summed E-state index contributed by atoms with van der Waals surface area (Å²) in [5.41, 5.74) is 1.16. The van der Waals surface area contributed by atoms with Crippen molar-refractivity contribution in [3.63, 3.8) is 0 Å². The van der Waals surface area contributed by atoms with E-state index in [-0.39, 0.29) is 11.2 Å². The summed E-state index contributed by atoms with van der Waals surface area (Å²) in [6.45, 7) is 1.74. The number of benzene rings is 1. The van der Waals surface area contributed by atoms with Crippen LogP contribution in [0.4, 0.5) is 4.39 Å². The van der Waals surface area contributed by atoms with E-state index in [1.165, 1.54) is 24.8 Å². The number of hydrogen-bond acceptors (Lipinski definition) is 1. The van der Waals surface area contributed by atoms with Gasteiger partial charge < -0.3 is 4.90 Å². The van der Waals surface area contributed by atoms with Crippen molar-refractivity contribution in [2.24, 2.45) is 23.2 Å². The largest absolute Gasteiger partial charge is 0.342 e. The molecule has 0 radical (unpaired) electrons. The van der Waals surface area contributed by atoms with Crippen molar-refractivity contribution < 1.29 is 9.18 Å². The maximum atomic E-state index is 13.7. The lowest BCUT2D eigenvalue weighted by Gasteiger charge is -2.56. The molecular formula is C23H30FNO. The second-order valence-electron chi connectivity index (χ2n) is 9.69. The average Bonchev–Trinajstić information content (AvgIpc) is 2.87. The zero-order valence-corrected chi connectivity index (χ0v) is 15.6. The molecule has 140 valence electrons. The highest BCUT2D eigenvalue weighted by Crippen LogP contribution is 2.60. The van der Waals surface area contributed by atoms with Crippen LogP contribution in [0.1, 0.15) is 69.3 Å². The number of nitrogens with zero attached hydrogens (tertiary/aromatic N) is 1. The lowest BCUT2D eigenvalue weighted by Crippen LogP contribution is -2.55. The Morgan fingerprint density at radius 2 is 1.58 bits per heavy atom. The zero-order chi connectivity index (χ0) is 17.7. The van der Waals surface area contributed by atoms with Crippen LogP contribution in [0.25, 0.3) is 0 Å². The Hall–Kier alpha value is -1.38. The van der Waals surface area contributed by atoms with E-state index in [0.717, 1.165) is 69.4 Å². The Labute approximate surface area is 156 Å². The highest BCUT2D eigenvalue weighted by Gasteiger charge is 2.55. The molecule has 2 nitrogen and oxygen atoms in total. The van der Waals surface area contributed by atoms with Crippen LogP contribution in [0.2, 0.25) is 0 Å². The molecule has 3 heteroatoms. The molecule has 0 aromatic heterocycles. The van der Waals surface area contributed by atoms with Crippen LogP contribution < -0.4 is 0 Å². The van der Waals surface area contributed by atoms with E-state index in [1.54, 1.807) is 12.1 Å². The van der Waals surface area contributed by atoms with Gasteiger partial charge in [0.1, 0.15) is 5.82 Å². The summed E-state index contributed by atoms with van der Waals surface area (Å²) in [4.78, 5) is 15.9. The second-order valence-corrected chi connectivity index (χ2v) is 9.69. The van der Waals surface area contributed by atoms with Crippen LogP contribution in [0.5, 0.6) is 0 Å². The molecular weight excluding hydrogens is 325 g/mol. The molecule has 4 saturated carbocycles. The summed E-state index contributed by atoms with van der Waals surface area (Å²) in [5.74, 6) is 3.07. The zero-order valence-electron chi connectivity index (χ0n) is 15.6. The van der Waals surface area contributed by atoms with Crippen molar-refractivity contribution in [1.82, 2.24) is 4.90 Å². The molecule has 1 heterocycles. The highest BCUT2D eigenvalue weighted by molar-refractivity contribution is 5.83. The molecule has 1 aliphatic heterocycles. The Morgan fingerprint density at radius 3 is 2.19 bits per heavy atom. The number of rotatable bonds is 2. The van der Waals surface area contributed by atoms with Gasteiger partial charge in [0, 0.05) is 19.0 Å². The van der Waals surface area contributed by atoms with Gasteiger partial charge in [-0.3, -0.25) is 4.79 Å². The predicted octanol–water partition coefficient (Wildman–Crippen LogP) is 5.14. The van der Waals surface area contributed by atoms with Crippen molar-refractivity contribution in [3.05, 3.63) is 35.6 Å². The molecule has 5 fully saturated rings. The van der Waals surface area contributed by atoms with Gasteiger partial charge in [-0.25, -0.2) is 4.39 Å². The quantitative estimate of drug-likeness (QED) is 0.719. The minimum absolute atomic E-state index is 0.0353. The lowest BCUT2D eigenvalue weighted by atomic mass is 9.49. The second kappa shape index (κ2) is 6.35. The fourth-order valence-corrected chi connectivity index (χ4v) is 7.04. The number of carbonyl (C=O) groups is 1. The summed E-state index contributed by atoms with van der Waals surface area (Å²) in [5, 5.41) is 0. The van der Waals surface area contributed by atoms with E-state index in [9.17, 15) is 9.18 Å². The van der Waals surface area contributed by atoms with Crippen LogP contribution >= 0.6 is 0 Å². The smallest absolute Gasteiger partial charge is 0.228 e. The van der Waals surface area contributed by atoms with Gasteiger partial charge in [0.05, 0.1) is 5.41 Å². The maximum Gasteiger partial charge on any atom is 0.228 e. The molecule has 1 atom stereocenters. The molecule has 1 aromatic rings. The van der Waals surface area contributed by atoms with Crippen molar-refractivity contribution in [2.75, 3.05) is 13.1 Å². The Morgan fingerprint density at radius 1 is 0.962 bits per heavy atom. The Bertz CT molecular complexity index is 647. The monoisotopic (exact) mass is 355 g/mol. The summed E-state index contributed by atoms with van der Waals surface area (Å²) >= 11 is 0.